The van der Waals surface area contributed by atoms with Crippen LogP contribution in [0, 0.1) is 12.8 Å². The molecule has 9 nitrogen and oxygen atoms in total. The lowest BCUT2D eigenvalue weighted by Crippen LogP contribution is -2.33. The van der Waals surface area contributed by atoms with Gasteiger partial charge in [0.1, 0.15) is 23.1 Å². The molecule has 0 spiro atoms. The number of pyridine rings is 2. The fraction of sp³-hybridized carbons (Fsp3) is 0.323. The van der Waals surface area contributed by atoms with Crippen LogP contribution in [0.5, 0.6) is 11.5 Å². The van der Waals surface area contributed by atoms with Gasteiger partial charge in [-0.25, -0.2) is 9.97 Å². The molecule has 2 aromatic heterocycles. The second kappa shape index (κ2) is 13.0. The van der Waals surface area contributed by atoms with Gasteiger partial charge in [0.25, 0.3) is 0 Å². The van der Waals surface area contributed by atoms with E-state index in [1.165, 1.54) is 0 Å². The molecule has 11 heteroatoms. The Morgan fingerprint density at radius 3 is 2.45 bits per heavy atom. The number of hydrogen-bond acceptors (Lipinski definition) is 8. The number of aromatic nitrogens is 2. The number of carbonyl (C=O) groups is 1. The number of ether oxygens (including phenoxy) is 2. The minimum Gasteiger partial charge on any atom is -0.495 e. The number of aryl methyl sites for hydroxylation is 1. The van der Waals surface area contributed by atoms with Crippen LogP contribution < -0.4 is 25.4 Å². The number of hydrogen-bond donors (Lipinski definition) is 3. The van der Waals surface area contributed by atoms with Gasteiger partial charge in [-0.2, -0.15) is 0 Å². The highest BCUT2D eigenvalue weighted by Crippen LogP contribution is 2.46. The Morgan fingerprint density at radius 1 is 1.07 bits per heavy atom. The number of carbonyl (C=O) groups excluding carboxylic acids is 1. The lowest BCUT2D eigenvalue weighted by molar-refractivity contribution is -0.105. The Morgan fingerprint density at radius 2 is 1.79 bits per heavy atom. The molecular formula is C31H34Cl2N6O3. The smallest absolute Gasteiger partial charge is 0.211 e. The van der Waals surface area contributed by atoms with Crippen LogP contribution in [0.25, 0.3) is 22.0 Å². The van der Waals surface area contributed by atoms with Crippen molar-refractivity contribution < 1.29 is 14.3 Å². The standard InChI is InChI=1S/C31H34Cl2N6O3/c1-18-6-5-7-22(36-17-40)30(18)38-26-13-21-20(16-34-26)12-23(27-28(32)24(41-3)14-25(42-4)29(27)33)37-31(21)35-15-19-8-10-39(2)11-9-19/h5-7,12-14,16-17,19H,8-11,15H2,1-4H3,(H,34,38)(H,35,37)(H,36,40). The van der Waals surface area contributed by atoms with E-state index in [9.17, 15) is 4.79 Å². The zero-order valence-electron chi connectivity index (χ0n) is 24.1. The van der Waals surface area contributed by atoms with Gasteiger partial charge in [0.2, 0.25) is 6.41 Å². The molecule has 3 N–H and O–H groups in total. The summed E-state index contributed by atoms with van der Waals surface area (Å²) >= 11 is 13.6. The number of likely N-dealkylation sites (tertiary alicyclic amines) is 1. The summed E-state index contributed by atoms with van der Waals surface area (Å²) in [6, 6.07) is 11.2. The third-order valence-corrected chi connectivity index (χ3v) is 8.43. The van der Waals surface area contributed by atoms with E-state index in [1.807, 2.05) is 37.3 Å². The van der Waals surface area contributed by atoms with Crippen molar-refractivity contribution >= 4 is 63.4 Å². The van der Waals surface area contributed by atoms with Crippen LogP contribution in [-0.4, -0.2) is 62.2 Å². The molecule has 1 amide bonds. The number of halogens is 2. The SMILES string of the molecule is COc1cc(OC)c(Cl)c(-c2cc3cnc(Nc4c(C)cccc4NC=O)cc3c(NCC3CCN(C)CC3)n2)c1Cl. The molecule has 1 aliphatic heterocycles. The van der Waals surface area contributed by atoms with E-state index >= 15 is 0 Å². The third-order valence-electron chi connectivity index (χ3n) is 7.68. The van der Waals surface area contributed by atoms with Gasteiger partial charge in [-0.1, -0.05) is 35.3 Å². The average Bonchev–Trinajstić information content (AvgIpc) is 2.99. The zero-order chi connectivity index (χ0) is 29.8. The molecule has 0 bridgehead atoms. The van der Waals surface area contributed by atoms with Crippen LogP contribution in [0.4, 0.5) is 23.0 Å². The summed E-state index contributed by atoms with van der Waals surface area (Å²) in [4.78, 5) is 23.3. The fourth-order valence-electron chi connectivity index (χ4n) is 5.24. The van der Waals surface area contributed by atoms with Crippen molar-refractivity contribution in [3.05, 3.63) is 58.2 Å². The number of anilines is 4. The molecule has 0 unspecified atom stereocenters. The summed E-state index contributed by atoms with van der Waals surface area (Å²) in [5, 5.41) is 12.2. The van der Waals surface area contributed by atoms with Crippen LogP contribution >= 0.6 is 23.2 Å². The van der Waals surface area contributed by atoms with Gasteiger partial charge >= 0.3 is 0 Å². The molecular weight excluding hydrogens is 575 g/mol. The van der Waals surface area contributed by atoms with Crippen molar-refractivity contribution in [3.8, 4) is 22.8 Å². The molecule has 0 atom stereocenters. The summed E-state index contributed by atoms with van der Waals surface area (Å²) in [5.74, 6) is 2.70. The molecule has 220 valence electrons. The minimum atomic E-state index is 0.345. The molecule has 0 aliphatic carbocycles. The average molecular weight is 610 g/mol. The lowest BCUT2D eigenvalue weighted by atomic mass is 9.97. The first-order chi connectivity index (χ1) is 20.3. The minimum absolute atomic E-state index is 0.345. The molecule has 1 saturated heterocycles. The topological polar surface area (TPSA) is 101 Å². The zero-order valence-corrected chi connectivity index (χ0v) is 25.6. The highest BCUT2D eigenvalue weighted by Gasteiger charge is 2.22. The van der Waals surface area contributed by atoms with E-state index in [1.54, 1.807) is 26.5 Å². The van der Waals surface area contributed by atoms with Crippen molar-refractivity contribution in [1.29, 1.82) is 0 Å². The second-order valence-electron chi connectivity index (χ2n) is 10.4. The third kappa shape index (κ3) is 6.18. The monoisotopic (exact) mass is 608 g/mol. The highest BCUT2D eigenvalue weighted by molar-refractivity contribution is 6.41. The highest BCUT2D eigenvalue weighted by atomic mass is 35.5. The van der Waals surface area contributed by atoms with E-state index < -0.39 is 0 Å². The number of amides is 1. The molecule has 3 heterocycles. The Balaban J connectivity index is 1.60. The summed E-state index contributed by atoms with van der Waals surface area (Å²) in [6.07, 6.45) is 4.67. The maximum atomic E-state index is 11.2. The number of piperidine rings is 1. The van der Waals surface area contributed by atoms with Crippen LogP contribution in [0.2, 0.25) is 10.0 Å². The molecule has 2 aromatic carbocycles. The largest absolute Gasteiger partial charge is 0.495 e. The van der Waals surface area contributed by atoms with Gasteiger partial charge in [0.05, 0.1) is 41.3 Å². The fourth-order valence-corrected chi connectivity index (χ4v) is 5.94. The Hall–Kier alpha value is -3.79. The number of rotatable bonds is 10. The van der Waals surface area contributed by atoms with Crippen molar-refractivity contribution in [1.82, 2.24) is 14.9 Å². The number of nitrogens with one attached hydrogen (secondary N) is 3. The summed E-state index contributed by atoms with van der Waals surface area (Å²) in [6.45, 7) is 4.89. The predicted octanol–water partition coefficient (Wildman–Crippen LogP) is 6.99. The van der Waals surface area contributed by atoms with Crippen molar-refractivity contribution in [2.24, 2.45) is 5.92 Å². The summed E-state index contributed by atoms with van der Waals surface area (Å²) in [7, 11) is 5.25. The maximum absolute atomic E-state index is 11.2. The maximum Gasteiger partial charge on any atom is 0.211 e. The molecule has 5 rings (SSSR count). The van der Waals surface area contributed by atoms with Gasteiger partial charge in [-0.15, -0.1) is 0 Å². The quantitative estimate of drug-likeness (QED) is 0.165. The van der Waals surface area contributed by atoms with Gasteiger partial charge < -0.3 is 30.3 Å². The van der Waals surface area contributed by atoms with Crippen LogP contribution in [-0.2, 0) is 4.79 Å². The molecule has 1 aliphatic rings. The number of methoxy groups -OCH3 is 2. The van der Waals surface area contributed by atoms with Gasteiger partial charge in [0.15, 0.2) is 0 Å². The second-order valence-corrected chi connectivity index (χ2v) is 11.2. The van der Waals surface area contributed by atoms with E-state index in [0.29, 0.717) is 62.5 Å². The van der Waals surface area contributed by atoms with E-state index in [2.05, 4.69) is 32.9 Å². The van der Waals surface area contributed by atoms with Crippen LogP contribution in [0.15, 0.2) is 42.6 Å². The molecule has 4 aromatic rings. The number of para-hydroxylation sites is 1. The summed E-state index contributed by atoms with van der Waals surface area (Å²) in [5.41, 5.74) is 3.49. The number of fused-ring (bicyclic) bond motifs is 1. The van der Waals surface area contributed by atoms with Crippen molar-refractivity contribution in [2.75, 3.05) is 56.9 Å². The van der Waals surface area contributed by atoms with Gasteiger partial charge in [0, 0.05) is 35.1 Å². The molecule has 0 radical (unpaired) electrons. The molecule has 1 fully saturated rings. The predicted molar refractivity (Wildman–Crippen MR) is 171 cm³/mol. The molecule has 42 heavy (non-hydrogen) atoms. The molecule has 0 saturated carbocycles. The lowest BCUT2D eigenvalue weighted by Gasteiger charge is -2.29. The number of benzene rings is 2. The number of nitrogens with zero attached hydrogens (tertiary/aromatic N) is 3. The first kappa shape index (κ1) is 29.7. The van der Waals surface area contributed by atoms with E-state index in [-0.39, 0.29) is 0 Å². The van der Waals surface area contributed by atoms with Gasteiger partial charge in [-0.3, -0.25) is 4.79 Å². The van der Waals surface area contributed by atoms with Gasteiger partial charge in [-0.05, 0) is 69.6 Å². The Labute approximate surface area is 255 Å². The van der Waals surface area contributed by atoms with Crippen molar-refractivity contribution in [2.45, 2.75) is 19.8 Å². The first-order valence-corrected chi connectivity index (χ1v) is 14.5. The Kier molecular flexibility index (Phi) is 9.21. The van der Waals surface area contributed by atoms with Crippen molar-refractivity contribution in [3.63, 3.8) is 0 Å². The normalized spacial score (nSPS) is 14.0. The first-order valence-electron chi connectivity index (χ1n) is 13.7. The van der Waals surface area contributed by atoms with Crippen LogP contribution in [0.3, 0.4) is 0 Å². The Bertz CT molecular complexity index is 1580. The summed E-state index contributed by atoms with van der Waals surface area (Å²) < 4.78 is 11.0. The van der Waals surface area contributed by atoms with E-state index in [0.717, 1.165) is 54.5 Å². The van der Waals surface area contributed by atoms with Crippen LogP contribution in [0.1, 0.15) is 18.4 Å². The van der Waals surface area contributed by atoms with E-state index in [4.69, 9.17) is 37.7 Å².